The summed E-state index contributed by atoms with van der Waals surface area (Å²) < 4.78 is 5.23. The Labute approximate surface area is 99.9 Å². The molecule has 1 aromatic carbocycles. The predicted molar refractivity (Wildman–Crippen MR) is 67.1 cm³/mol. The van der Waals surface area contributed by atoms with Gasteiger partial charge in [0.1, 0.15) is 11.4 Å². The quantitative estimate of drug-likeness (QED) is 0.566. The molecule has 2 rings (SSSR count). The maximum atomic E-state index is 8.63. The van der Waals surface area contributed by atoms with Gasteiger partial charge in [0.15, 0.2) is 0 Å². The average molecular weight is 227 g/mol. The van der Waals surface area contributed by atoms with Crippen LogP contribution in [0.1, 0.15) is 12.8 Å². The molecule has 0 aliphatic heterocycles. The van der Waals surface area contributed by atoms with E-state index in [1.165, 1.54) is 0 Å². The molecule has 1 aliphatic carbocycles. The summed E-state index contributed by atoms with van der Waals surface area (Å²) in [4.78, 5) is 7.70. The highest BCUT2D eigenvalue weighted by atomic mass is 16.5. The van der Waals surface area contributed by atoms with E-state index in [4.69, 9.17) is 10.3 Å². The molecule has 0 unspecified atom stereocenters. The van der Waals surface area contributed by atoms with Crippen LogP contribution < -0.4 is 4.74 Å². The standard InChI is InChI=1S/C13H13N3O/c1-17-13-5-3-2-4-12(13)15-10-6-8-11(16-14)9-7-10/h2-6,8H,7,9H2,1H3. The predicted octanol–water partition coefficient (Wildman–Crippen LogP) is 2.79. The molecule has 0 saturated carbocycles. The summed E-state index contributed by atoms with van der Waals surface area (Å²) in [5.74, 6) is 0.759. The maximum Gasteiger partial charge on any atom is 0.292 e. The highest BCUT2D eigenvalue weighted by molar-refractivity contribution is 6.08. The smallest absolute Gasteiger partial charge is 0.292 e. The lowest BCUT2D eigenvalue weighted by molar-refractivity contribution is -0.00621. The molecule has 1 aliphatic rings. The number of para-hydroxylation sites is 2. The summed E-state index contributed by atoms with van der Waals surface area (Å²) in [7, 11) is 1.63. The number of benzene rings is 1. The van der Waals surface area contributed by atoms with Crippen LogP contribution in [0.5, 0.6) is 5.75 Å². The summed E-state index contributed by atoms with van der Waals surface area (Å²) in [5.41, 5.74) is 11.1. The third kappa shape index (κ3) is 2.68. The first-order valence-electron chi connectivity index (χ1n) is 5.43. The first-order valence-corrected chi connectivity index (χ1v) is 5.43. The average Bonchev–Trinajstić information content (AvgIpc) is 2.40. The van der Waals surface area contributed by atoms with Crippen LogP contribution in [-0.2, 0) is 0 Å². The van der Waals surface area contributed by atoms with Crippen molar-refractivity contribution in [2.45, 2.75) is 12.8 Å². The molecule has 4 heteroatoms. The van der Waals surface area contributed by atoms with E-state index < -0.39 is 0 Å². The molecular weight excluding hydrogens is 214 g/mol. The van der Waals surface area contributed by atoms with Crippen molar-refractivity contribution in [2.24, 2.45) is 4.99 Å². The molecule has 0 saturated heterocycles. The zero-order chi connectivity index (χ0) is 12.1. The molecule has 4 nitrogen and oxygen atoms in total. The molecule has 86 valence electrons. The van der Waals surface area contributed by atoms with Crippen molar-refractivity contribution in [1.29, 1.82) is 0 Å². The number of methoxy groups -OCH3 is 1. The van der Waals surface area contributed by atoms with E-state index >= 15 is 0 Å². The first kappa shape index (κ1) is 11.3. The molecule has 0 N–H and O–H groups in total. The monoisotopic (exact) mass is 227 g/mol. The van der Waals surface area contributed by atoms with E-state index in [-0.39, 0.29) is 0 Å². The number of ether oxygens (including phenoxy) is 1. The second kappa shape index (κ2) is 5.23. The van der Waals surface area contributed by atoms with Crippen LogP contribution in [-0.4, -0.2) is 23.3 Å². The van der Waals surface area contributed by atoms with E-state index in [9.17, 15) is 0 Å². The lowest BCUT2D eigenvalue weighted by Gasteiger charge is -2.07. The van der Waals surface area contributed by atoms with Crippen LogP contribution in [0, 0.1) is 0 Å². The molecule has 0 radical (unpaired) electrons. The fraction of sp³-hybridized carbons (Fsp3) is 0.231. The molecule has 0 heterocycles. The fourth-order valence-corrected chi connectivity index (χ4v) is 1.67. The number of hydrogen-bond donors (Lipinski definition) is 0. The maximum absolute atomic E-state index is 8.63. The van der Waals surface area contributed by atoms with E-state index in [1.807, 2.05) is 30.3 Å². The summed E-state index contributed by atoms with van der Waals surface area (Å²) >= 11 is 0. The van der Waals surface area contributed by atoms with Crippen LogP contribution in [0.3, 0.4) is 0 Å². The molecule has 17 heavy (non-hydrogen) atoms. The van der Waals surface area contributed by atoms with Gasteiger partial charge in [-0.25, -0.2) is 4.99 Å². The molecule has 0 amide bonds. The number of hydrogen-bond acceptors (Lipinski definition) is 2. The number of allylic oxidation sites excluding steroid dienone is 2. The zero-order valence-corrected chi connectivity index (χ0v) is 9.63. The molecule has 0 atom stereocenters. The minimum absolute atomic E-state index is 0.684. The van der Waals surface area contributed by atoms with Crippen LogP contribution in [0.2, 0.25) is 0 Å². The largest absolute Gasteiger partial charge is 0.494 e. The summed E-state index contributed by atoms with van der Waals surface area (Å²) in [5, 5.41) is 0. The Bertz CT molecular complexity index is 525. The van der Waals surface area contributed by atoms with Crippen molar-refractivity contribution in [3.05, 3.63) is 41.9 Å². The van der Waals surface area contributed by atoms with Gasteiger partial charge in [0.05, 0.1) is 13.5 Å². The summed E-state index contributed by atoms with van der Waals surface area (Å²) in [6, 6.07) is 7.63. The molecule has 0 bridgehead atoms. The number of rotatable bonds is 2. The van der Waals surface area contributed by atoms with Gasteiger partial charge in [0, 0.05) is 18.2 Å². The highest BCUT2D eigenvalue weighted by Crippen LogP contribution is 2.27. The van der Waals surface area contributed by atoms with Gasteiger partial charge in [-0.1, -0.05) is 12.1 Å². The van der Waals surface area contributed by atoms with Gasteiger partial charge in [-0.3, -0.25) is 0 Å². The Kier molecular flexibility index (Phi) is 3.48. The minimum Gasteiger partial charge on any atom is -0.494 e. The minimum atomic E-state index is 0.684. The SMILES string of the molecule is COc1ccccc1N=C1C=CC(=[N+]=[N-])CC1. The summed E-state index contributed by atoms with van der Waals surface area (Å²) in [6.07, 6.45) is 5.12. The van der Waals surface area contributed by atoms with Crippen LogP contribution in [0.25, 0.3) is 5.53 Å². The Hall–Kier alpha value is -2.19. The van der Waals surface area contributed by atoms with E-state index in [0.29, 0.717) is 12.1 Å². The van der Waals surface area contributed by atoms with E-state index in [2.05, 4.69) is 9.78 Å². The fourth-order valence-electron chi connectivity index (χ4n) is 1.67. The van der Waals surface area contributed by atoms with E-state index in [1.54, 1.807) is 13.2 Å². The van der Waals surface area contributed by atoms with Crippen molar-refractivity contribution in [2.75, 3.05) is 7.11 Å². The summed E-state index contributed by atoms with van der Waals surface area (Å²) in [6.45, 7) is 0. The Morgan fingerprint density at radius 3 is 2.71 bits per heavy atom. The van der Waals surface area contributed by atoms with Crippen LogP contribution in [0.4, 0.5) is 5.69 Å². The second-order valence-electron chi connectivity index (χ2n) is 3.70. The first-order chi connectivity index (χ1) is 8.33. The molecule has 0 fully saturated rings. The van der Waals surface area contributed by atoms with Gasteiger partial charge in [-0.2, -0.15) is 4.79 Å². The van der Waals surface area contributed by atoms with Gasteiger partial charge >= 0.3 is 0 Å². The third-order valence-corrected chi connectivity index (χ3v) is 2.58. The lowest BCUT2D eigenvalue weighted by Crippen LogP contribution is -2.07. The van der Waals surface area contributed by atoms with Gasteiger partial charge < -0.3 is 10.3 Å². The Balaban J connectivity index is 2.28. The molecule has 0 spiro atoms. The zero-order valence-electron chi connectivity index (χ0n) is 9.63. The number of aliphatic imine (C=N–C) groups is 1. The lowest BCUT2D eigenvalue weighted by atomic mass is 10.0. The second-order valence-corrected chi connectivity index (χ2v) is 3.70. The topological polar surface area (TPSA) is 58.0 Å². The van der Waals surface area contributed by atoms with Gasteiger partial charge in [0.2, 0.25) is 0 Å². The van der Waals surface area contributed by atoms with E-state index in [0.717, 1.165) is 23.6 Å². The Morgan fingerprint density at radius 2 is 2.06 bits per heavy atom. The Morgan fingerprint density at radius 1 is 1.24 bits per heavy atom. The number of nitrogens with zero attached hydrogens (tertiary/aromatic N) is 3. The van der Waals surface area contributed by atoms with Crippen LogP contribution in [0.15, 0.2) is 41.4 Å². The third-order valence-electron chi connectivity index (χ3n) is 2.58. The van der Waals surface area contributed by atoms with Gasteiger partial charge in [-0.15, -0.1) is 0 Å². The van der Waals surface area contributed by atoms with Crippen molar-refractivity contribution in [3.63, 3.8) is 0 Å². The van der Waals surface area contributed by atoms with Crippen LogP contribution >= 0.6 is 0 Å². The van der Waals surface area contributed by atoms with Gasteiger partial charge in [-0.05, 0) is 18.2 Å². The van der Waals surface area contributed by atoms with Crippen molar-refractivity contribution in [1.82, 2.24) is 0 Å². The van der Waals surface area contributed by atoms with Crippen molar-refractivity contribution in [3.8, 4) is 5.75 Å². The normalized spacial score (nSPS) is 17.0. The molecular formula is C13H13N3O. The van der Waals surface area contributed by atoms with Crippen molar-refractivity contribution < 1.29 is 9.53 Å². The molecule has 0 aromatic heterocycles. The van der Waals surface area contributed by atoms with Gasteiger partial charge in [0.25, 0.3) is 5.71 Å². The molecule has 1 aromatic rings. The van der Waals surface area contributed by atoms with Crippen molar-refractivity contribution >= 4 is 17.1 Å². The highest BCUT2D eigenvalue weighted by Gasteiger charge is 2.12.